The highest BCUT2D eigenvalue weighted by molar-refractivity contribution is 5.61. The Morgan fingerprint density at radius 2 is 2.14 bits per heavy atom. The molecule has 1 aliphatic rings. The number of nitrogens with one attached hydrogen (secondary N) is 1. The van der Waals surface area contributed by atoms with Crippen LogP contribution in [0.1, 0.15) is 0 Å². The molecule has 0 aliphatic carbocycles. The summed E-state index contributed by atoms with van der Waals surface area (Å²) in [6.07, 6.45) is -4.65. The number of methoxy groups -OCH3 is 1. The molecule has 1 aliphatic heterocycles. The zero-order chi connectivity index (χ0) is 15.7. The summed E-state index contributed by atoms with van der Waals surface area (Å²) in [6, 6.07) is 0.0317. The number of ether oxygens (including phenoxy) is 2. The van der Waals surface area contributed by atoms with E-state index >= 15 is 0 Å². The van der Waals surface area contributed by atoms with Crippen molar-refractivity contribution >= 4 is 11.5 Å². The second-order valence-corrected chi connectivity index (χ2v) is 4.63. The van der Waals surface area contributed by atoms with E-state index in [1.165, 1.54) is 14.2 Å². The number of nitrogen functional groups attached to an aromatic ring is 1. The van der Waals surface area contributed by atoms with Crippen molar-refractivity contribution in [3.05, 3.63) is 10.4 Å². The molecule has 1 aromatic heterocycles. The van der Waals surface area contributed by atoms with Gasteiger partial charge < -0.3 is 35.8 Å². The van der Waals surface area contributed by atoms with E-state index in [1.54, 1.807) is 0 Å². The maximum atomic E-state index is 12.1. The predicted molar refractivity (Wildman–Crippen MR) is 71.8 cm³/mol. The van der Waals surface area contributed by atoms with Crippen molar-refractivity contribution in [2.75, 3.05) is 24.8 Å². The Morgan fingerprint density at radius 1 is 1.48 bits per heavy atom. The van der Waals surface area contributed by atoms with Crippen LogP contribution in [0.5, 0.6) is 6.01 Å². The number of rotatable bonds is 4. The van der Waals surface area contributed by atoms with Gasteiger partial charge in [-0.25, -0.2) is 0 Å². The Labute approximate surface area is 119 Å². The predicted octanol–water partition coefficient (Wildman–Crippen LogP) is -2.78. The van der Waals surface area contributed by atoms with Crippen molar-refractivity contribution in [1.29, 1.82) is 0 Å². The Kier molecular flexibility index (Phi) is 4.32. The van der Waals surface area contributed by atoms with E-state index in [0.717, 1.165) is 4.57 Å². The number of anilines is 2. The quantitative estimate of drug-likeness (QED) is 0.397. The summed E-state index contributed by atoms with van der Waals surface area (Å²) in [4.78, 5) is 16.0. The molecule has 0 radical (unpaired) electrons. The van der Waals surface area contributed by atoms with E-state index in [9.17, 15) is 15.0 Å². The molecule has 2 heterocycles. The molecule has 1 aromatic rings. The third-order valence-electron chi connectivity index (χ3n) is 3.29. The van der Waals surface area contributed by atoms with Crippen molar-refractivity contribution in [2.24, 2.45) is 7.05 Å². The molecular weight excluding hydrogens is 284 g/mol. The number of aliphatic hydroxyl groups is 3. The summed E-state index contributed by atoms with van der Waals surface area (Å²) in [5.41, 5.74) is 5.06. The van der Waals surface area contributed by atoms with E-state index < -0.39 is 36.7 Å². The van der Waals surface area contributed by atoms with Gasteiger partial charge in [0.1, 0.15) is 24.0 Å². The van der Waals surface area contributed by atoms with Crippen molar-refractivity contribution in [2.45, 2.75) is 24.5 Å². The molecule has 10 nitrogen and oxygen atoms in total. The van der Waals surface area contributed by atoms with Crippen molar-refractivity contribution < 1.29 is 24.8 Å². The first-order valence-electron chi connectivity index (χ1n) is 6.20. The molecule has 0 bridgehead atoms. The smallest absolute Gasteiger partial charge is 0.300 e. The lowest BCUT2D eigenvalue weighted by Crippen LogP contribution is -2.38. The van der Waals surface area contributed by atoms with Crippen molar-refractivity contribution in [3.63, 3.8) is 0 Å². The van der Waals surface area contributed by atoms with Crippen LogP contribution in [-0.4, -0.2) is 63.1 Å². The normalized spacial score (nSPS) is 28.6. The summed E-state index contributed by atoms with van der Waals surface area (Å²) in [5, 5.41) is 31.1. The van der Waals surface area contributed by atoms with E-state index in [2.05, 4.69) is 10.3 Å². The first-order chi connectivity index (χ1) is 9.90. The molecule has 21 heavy (non-hydrogen) atoms. The Morgan fingerprint density at radius 3 is 2.67 bits per heavy atom. The van der Waals surface area contributed by atoms with Gasteiger partial charge >= 0.3 is 6.01 Å². The number of nitrogens with zero attached hydrogens (tertiary/aromatic N) is 2. The number of hydrogen-bond acceptors (Lipinski definition) is 9. The highest BCUT2D eigenvalue weighted by Gasteiger charge is 2.42. The maximum absolute atomic E-state index is 12.1. The third kappa shape index (κ3) is 2.65. The molecule has 0 saturated carbocycles. The summed E-state index contributed by atoms with van der Waals surface area (Å²) in [7, 11) is 2.79. The van der Waals surface area contributed by atoms with E-state index in [-0.39, 0.29) is 17.5 Å². The average molecular weight is 302 g/mol. The lowest BCUT2D eigenvalue weighted by molar-refractivity contribution is -0.0153. The lowest BCUT2D eigenvalue weighted by atomic mass is 10.1. The number of hydrogen-bond donors (Lipinski definition) is 5. The van der Waals surface area contributed by atoms with Crippen LogP contribution < -0.4 is 21.3 Å². The zero-order valence-electron chi connectivity index (χ0n) is 11.6. The fourth-order valence-corrected chi connectivity index (χ4v) is 2.08. The van der Waals surface area contributed by atoms with Gasteiger partial charge in [-0.15, -0.1) is 0 Å². The molecule has 0 spiro atoms. The second kappa shape index (κ2) is 5.85. The van der Waals surface area contributed by atoms with Crippen LogP contribution in [0.15, 0.2) is 4.79 Å². The monoisotopic (exact) mass is 302 g/mol. The molecule has 0 amide bonds. The van der Waals surface area contributed by atoms with Gasteiger partial charge in [0.05, 0.1) is 13.7 Å². The topological polar surface area (TPSA) is 152 Å². The van der Waals surface area contributed by atoms with Crippen molar-refractivity contribution in [3.8, 4) is 6.01 Å². The third-order valence-corrected chi connectivity index (χ3v) is 3.29. The fraction of sp³-hybridized carbons (Fsp3) is 0.636. The maximum Gasteiger partial charge on any atom is 0.300 e. The molecule has 10 heteroatoms. The van der Waals surface area contributed by atoms with Gasteiger partial charge in [-0.1, -0.05) is 0 Å². The van der Waals surface area contributed by atoms with Crippen LogP contribution >= 0.6 is 0 Å². The molecule has 1 fully saturated rings. The van der Waals surface area contributed by atoms with E-state index in [1.807, 2.05) is 0 Å². The Bertz CT molecular complexity index is 577. The summed E-state index contributed by atoms with van der Waals surface area (Å²) >= 11 is 0. The highest BCUT2D eigenvalue weighted by atomic mass is 16.6. The van der Waals surface area contributed by atoms with Gasteiger partial charge in [-0.2, -0.15) is 4.98 Å². The van der Waals surface area contributed by atoms with E-state index in [4.69, 9.17) is 20.3 Å². The fourth-order valence-electron chi connectivity index (χ4n) is 2.08. The van der Waals surface area contributed by atoms with Crippen LogP contribution in [0.25, 0.3) is 0 Å². The summed E-state index contributed by atoms with van der Waals surface area (Å²) in [5.74, 6) is -0.132. The molecule has 1 saturated heterocycles. The first-order valence-corrected chi connectivity index (χ1v) is 6.20. The van der Waals surface area contributed by atoms with Crippen LogP contribution in [0.4, 0.5) is 11.5 Å². The van der Waals surface area contributed by atoms with Crippen LogP contribution in [0.3, 0.4) is 0 Å². The van der Waals surface area contributed by atoms with Crippen LogP contribution in [0.2, 0.25) is 0 Å². The van der Waals surface area contributed by atoms with Crippen molar-refractivity contribution in [1.82, 2.24) is 9.55 Å². The molecular formula is C11H18N4O6. The molecule has 4 atom stereocenters. The molecule has 1 unspecified atom stereocenters. The lowest BCUT2D eigenvalue weighted by Gasteiger charge is -2.19. The average Bonchev–Trinajstić information content (AvgIpc) is 2.74. The Balaban J connectivity index is 2.29. The minimum absolute atomic E-state index is 0.0317. The molecule has 118 valence electrons. The van der Waals surface area contributed by atoms with Gasteiger partial charge in [0.25, 0.3) is 5.56 Å². The zero-order valence-corrected chi connectivity index (χ0v) is 11.6. The van der Waals surface area contributed by atoms with Crippen LogP contribution in [0, 0.1) is 0 Å². The van der Waals surface area contributed by atoms with Gasteiger partial charge in [-0.05, 0) is 0 Å². The van der Waals surface area contributed by atoms with Crippen LogP contribution in [-0.2, 0) is 11.8 Å². The number of aliphatic hydroxyl groups excluding tert-OH is 3. The standard InChI is InChI=1S/C11H18N4O6/c1-15-10(19)5(8(12)14-11(15)20-2)13-9-7(18)6(17)4(3-16)21-9/h4,6-7,9,13,16-18H,3,12H2,1-2H3/t4-,6+,7-,9?/m1/s1. The first kappa shape index (κ1) is 15.5. The summed E-state index contributed by atoms with van der Waals surface area (Å²) < 4.78 is 11.2. The SMILES string of the molecule is COc1nc(N)c(NC2O[C@H](CO)[C@H](O)[C@H]2O)c(=O)n1C. The van der Waals surface area contributed by atoms with Gasteiger partial charge in [0.2, 0.25) is 0 Å². The molecule has 6 N–H and O–H groups in total. The molecule has 2 rings (SSSR count). The number of aromatic nitrogens is 2. The Hall–Kier alpha value is -1.88. The minimum Gasteiger partial charge on any atom is -0.468 e. The second-order valence-electron chi connectivity index (χ2n) is 4.63. The highest BCUT2D eigenvalue weighted by Crippen LogP contribution is 2.24. The van der Waals surface area contributed by atoms with Gasteiger partial charge in [0.15, 0.2) is 12.0 Å². The largest absolute Gasteiger partial charge is 0.468 e. The minimum atomic E-state index is -1.33. The summed E-state index contributed by atoms with van der Waals surface area (Å²) in [6.45, 7) is -0.467. The van der Waals surface area contributed by atoms with Gasteiger partial charge in [0, 0.05) is 7.05 Å². The van der Waals surface area contributed by atoms with E-state index in [0.29, 0.717) is 0 Å². The molecule has 0 aromatic carbocycles. The van der Waals surface area contributed by atoms with Gasteiger partial charge in [-0.3, -0.25) is 9.36 Å². The number of nitrogens with two attached hydrogens (primary N) is 1.